The van der Waals surface area contributed by atoms with Crippen molar-refractivity contribution in [2.45, 2.75) is 76.2 Å². The molecular weight excluding hydrogens is 450 g/mol. The summed E-state index contributed by atoms with van der Waals surface area (Å²) in [6.45, 7) is 4.28. The molecule has 0 bridgehead atoms. The van der Waals surface area contributed by atoms with E-state index in [1.165, 1.54) is 30.0 Å². The monoisotopic (exact) mass is 485 g/mol. The molecule has 0 atom stereocenters. The summed E-state index contributed by atoms with van der Waals surface area (Å²) in [5, 5.41) is 7.15. The van der Waals surface area contributed by atoms with Crippen molar-refractivity contribution in [2.75, 3.05) is 13.1 Å². The molecule has 1 amide bonds. The van der Waals surface area contributed by atoms with Gasteiger partial charge in [0, 0.05) is 25.0 Å². The van der Waals surface area contributed by atoms with Crippen LogP contribution in [0.15, 0.2) is 33.7 Å². The van der Waals surface area contributed by atoms with E-state index < -0.39 is 10.0 Å². The van der Waals surface area contributed by atoms with E-state index in [9.17, 15) is 13.2 Å². The number of nitrogens with one attached hydrogen (secondary N) is 1. The van der Waals surface area contributed by atoms with Crippen LogP contribution in [0.5, 0.6) is 0 Å². The number of sulfonamides is 1. The minimum Gasteiger partial charge on any atom is -0.355 e. The van der Waals surface area contributed by atoms with E-state index in [1.807, 2.05) is 37.3 Å². The summed E-state index contributed by atoms with van der Waals surface area (Å²) < 4.78 is 33.8. The smallest absolute Gasteiger partial charge is 0.248 e. The highest BCUT2D eigenvalue weighted by Crippen LogP contribution is 2.29. The number of nitrogens with zero attached hydrogens (tertiary/aromatic N) is 2. The highest BCUT2D eigenvalue weighted by Gasteiger charge is 2.36. The molecule has 1 aromatic heterocycles. The summed E-state index contributed by atoms with van der Waals surface area (Å²) in [6.07, 6.45) is 11.5. The van der Waals surface area contributed by atoms with Gasteiger partial charge in [0.2, 0.25) is 15.9 Å². The van der Waals surface area contributed by atoms with E-state index in [0.29, 0.717) is 31.6 Å². The van der Waals surface area contributed by atoms with Crippen LogP contribution < -0.4 is 5.32 Å². The van der Waals surface area contributed by atoms with Crippen LogP contribution in [0, 0.1) is 19.8 Å². The molecule has 1 aliphatic heterocycles. The van der Waals surface area contributed by atoms with E-state index in [4.69, 9.17) is 4.52 Å². The highest BCUT2D eigenvalue weighted by atomic mass is 32.2. The summed E-state index contributed by atoms with van der Waals surface area (Å²) in [5.74, 6) is 0.165. The fraction of sp³-hybridized carbons (Fsp3) is 0.538. The van der Waals surface area contributed by atoms with Crippen LogP contribution in [0.1, 0.15) is 73.9 Å². The molecule has 0 spiro atoms. The van der Waals surface area contributed by atoms with Gasteiger partial charge in [-0.2, -0.15) is 4.31 Å². The molecule has 1 saturated heterocycles. The SMILES string of the molecule is Cc1cccc(/C=C/c2onc(C)c2S(=O)(=O)N2CCC(C(=O)NC3CCCCCC3)CC2)c1. The van der Waals surface area contributed by atoms with Crippen molar-refractivity contribution in [3.05, 3.63) is 46.8 Å². The number of rotatable bonds is 6. The van der Waals surface area contributed by atoms with Crippen LogP contribution in [-0.2, 0) is 14.8 Å². The minimum absolute atomic E-state index is 0.0758. The average Bonchev–Trinajstić information content (AvgIpc) is 3.01. The standard InChI is InChI=1S/C26H35N3O4S/c1-19-8-7-9-21(18-19)12-13-24-25(20(2)28-33-24)34(31,32)29-16-14-22(15-17-29)26(30)27-23-10-5-3-4-6-11-23/h7-9,12-13,18,22-23H,3-6,10-11,14-17H2,1-2H3,(H,27,30)/b13-12+. The second kappa shape index (κ2) is 10.9. The van der Waals surface area contributed by atoms with Crippen LogP contribution in [0.2, 0.25) is 0 Å². The maximum absolute atomic E-state index is 13.5. The molecular formula is C26H35N3O4S. The van der Waals surface area contributed by atoms with E-state index in [0.717, 1.165) is 24.0 Å². The van der Waals surface area contributed by atoms with E-state index >= 15 is 0 Å². The molecule has 0 unspecified atom stereocenters. The third-order valence-corrected chi connectivity index (χ3v) is 8.98. The van der Waals surface area contributed by atoms with E-state index in [-0.39, 0.29) is 28.5 Å². The fourth-order valence-corrected chi connectivity index (χ4v) is 6.69. The van der Waals surface area contributed by atoms with Gasteiger partial charge in [-0.25, -0.2) is 8.42 Å². The molecule has 7 nitrogen and oxygen atoms in total. The second-order valence-electron chi connectivity index (χ2n) is 9.58. The van der Waals surface area contributed by atoms with Gasteiger partial charge in [0.05, 0.1) is 0 Å². The quantitative estimate of drug-likeness (QED) is 0.599. The zero-order valence-electron chi connectivity index (χ0n) is 20.1. The van der Waals surface area contributed by atoms with Gasteiger partial charge in [0.25, 0.3) is 0 Å². The summed E-state index contributed by atoms with van der Waals surface area (Å²) in [5.41, 5.74) is 2.42. The summed E-state index contributed by atoms with van der Waals surface area (Å²) in [6, 6.07) is 8.18. The highest BCUT2D eigenvalue weighted by molar-refractivity contribution is 7.89. The van der Waals surface area contributed by atoms with Crippen LogP contribution in [-0.4, -0.2) is 42.9 Å². The average molecular weight is 486 g/mol. The Morgan fingerprint density at radius 2 is 1.76 bits per heavy atom. The number of aromatic nitrogens is 1. The molecule has 1 aromatic carbocycles. The maximum Gasteiger partial charge on any atom is 0.248 e. The molecule has 2 aromatic rings. The van der Waals surface area contributed by atoms with Gasteiger partial charge >= 0.3 is 0 Å². The lowest BCUT2D eigenvalue weighted by molar-refractivity contribution is -0.126. The van der Waals surface area contributed by atoms with Gasteiger partial charge in [-0.1, -0.05) is 66.7 Å². The van der Waals surface area contributed by atoms with E-state index in [2.05, 4.69) is 10.5 Å². The first-order valence-electron chi connectivity index (χ1n) is 12.4. The zero-order chi connectivity index (χ0) is 24.1. The maximum atomic E-state index is 13.5. The number of aryl methyl sites for hydroxylation is 2. The number of carbonyl (C=O) groups is 1. The van der Waals surface area contributed by atoms with Gasteiger partial charge in [-0.15, -0.1) is 0 Å². The van der Waals surface area contributed by atoms with Gasteiger partial charge in [-0.05, 0) is 51.2 Å². The Kier molecular flexibility index (Phi) is 7.88. The zero-order valence-corrected chi connectivity index (χ0v) is 20.9. The van der Waals surface area contributed by atoms with Crippen molar-refractivity contribution in [1.29, 1.82) is 0 Å². The Morgan fingerprint density at radius 1 is 1.06 bits per heavy atom. The molecule has 2 aliphatic rings. The number of hydrogen-bond acceptors (Lipinski definition) is 5. The molecule has 34 heavy (non-hydrogen) atoms. The van der Waals surface area contributed by atoms with Gasteiger partial charge in [0.15, 0.2) is 10.7 Å². The molecule has 2 heterocycles. The van der Waals surface area contributed by atoms with Gasteiger partial charge in [0.1, 0.15) is 5.69 Å². The lowest BCUT2D eigenvalue weighted by Gasteiger charge is -2.31. The molecule has 4 rings (SSSR count). The van der Waals surface area contributed by atoms with Crippen LogP contribution in [0.3, 0.4) is 0 Å². The fourth-order valence-electron chi connectivity index (χ4n) is 4.97. The molecule has 1 aliphatic carbocycles. The minimum atomic E-state index is -3.78. The van der Waals surface area contributed by atoms with Crippen molar-refractivity contribution >= 4 is 28.1 Å². The summed E-state index contributed by atoms with van der Waals surface area (Å²) >= 11 is 0. The van der Waals surface area contributed by atoms with Crippen LogP contribution >= 0.6 is 0 Å². The third kappa shape index (κ3) is 5.78. The number of carbonyl (C=O) groups excluding carboxylic acids is 1. The normalized spacial score (nSPS) is 19.4. The molecule has 2 fully saturated rings. The molecule has 0 radical (unpaired) electrons. The summed E-state index contributed by atoms with van der Waals surface area (Å²) in [4.78, 5) is 12.9. The van der Waals surface area contributed by atoms with Crippen LogP contribution in [0.4, 0.5) is 0 Å². The van der Waals surface area contributed by atoms with Gasteiger partial charge < -0.3 is 9.84 Å². The summed E-state index contributed by atoms with van der Waals surface area (Å²) in [7, 11) is -3.78. The number of benzene rings is 1. The Morgan fingerprint density at radius 3 is 2.44 bits per heavy atom. The predicted octanol–water partition coefficient (Wildman–Crippen LogP) is 4.70. The Hall–Kier alpha value is -2.45. The predicted molar refractivity (Wildman–Crippen MR) is 132 cm³/mol. The molecule has 1 saturated carbocycles. The Labute approximate surface area is 202 Å². The van der Waals surface area contributed by atoms with E-state index in [1.54, 1.807) is 13.0 Å². The van der Waals surface area contributed by atoms with Gasteiger partial charge in [-0.3, -0.25) is 4.79 Å². The Bertz CT molecular complexity index is 1120. The van der Waals surface area contributed by atoms with Crippen molar-refractivity contribution in [1.82, 2.24) is 14.8 Å². The molecule has 8 heteroatoms. The lowest BCUT2D eigenvalue weighted by Crippen LogP contribution is -2.45. The number of amides is 1. The first kappa shape index (κ1) is 24.7. The lowest BCUT2D eigenvalue weighted by atomic mass is 9.96. The molecule has 1 N–H and O–H groups in total. The topological polar surface area (TPSA) is 92.5 Å². The van der Waals surface area contributed by atoms with Crippen molar-refractivity contribution < 1.29 is 17.7 Å². The third-order valence-electron chi connectivity index (χ3n) is 6.93. The van der Waals surface area contributed by atoms with Crippen molar-refractivity contribution in [2.24, 2.45) is 5.92 Å². The number of piperidine rings is 1. The molecule has 184 valence electrons. The first-order chi connectivity index (χ1) is 16.3. The number of hydrogen-bond donors (Lipinski definition) is 1. The Balaban J connectivity index is 1.41. The first-order valence-corrected chi connectivity index (χ1v) is 13.8. The van der Waals surface area contributed by atoms with Crippen LogP contribution in [0.25, 0.3) is 12.2 Å². The largest absolute Gasteiger partial charge is 0.355 e. The second-order valence-corrected chi connectivity index (χ2v) is 11.5. The van der Waals surface area contributed by atoms with Crippen molar-refractivity contribution in [3.63, 3.8) is 0 Å². The van der Waals surface area contributed by atoms with Crippen molar-refractivity contribution in [3.8, 4) is 0 Å².